The molecule has 3 nitrogen and oxygen atoms in total. The van der Waals surface area contributed by atoms with Gasteiger partial charge in [-0.3, -0.25) is 4.79 Å². The number of carbonyl (C=O) groups is 1. The van der Waals surface area contributed by atoms with Gasteiger partial charge in [0.25, 0.3) is 0 Å². The van der Waals surface area contributed by atoms with Crippen molar-refractivity contribution in [1.82, 2.24) is 5.32 Å². The van der Waals surface area contributed by atoms with Crippen LogP contribution in [0.25, 0.3) is 0 Å². The molecule has 0 unspecified atom stereocenters. The van der Waals surface area contributed by atoms with E-state index in [2.05, 4.69) is 10.6 Å². The van der Waals surface area contributed by atoms with Crippen LogP contribution in [0, 0.1) is 0 Å². The van der Waals surface area contributed by atoms with Crippen molar-refractivity contribution in [3.05, 3.63) is 63.1 Å². The molecule has 0 heterocycles. The number of anilines is 1. The maximum atomic E-state index is 12.0. The molecule has 0 aliphatic rings. The molecule has 2 N–H and O–H groups in total. The summed E-state index contributed by atoms with van der Waals surface area (Å²) in [6, 6.07) is 12.6. The Hall–Kier alpha value is -1.26. The first-order valence-electron chi connectivity index (χ1n) is 6.70. The van der Waals surface area contributed by atoms with Crippen LogP contribution in [0.15, 0.2) is 42.5 Å². The largest absolute Gasteiger partial charge is 0.322 e. The van der Waals surface area contributed by atoms with E-state index in [-0.39, 0.29) is 18.5 Å². The SMILES string of the molecule is C[C@H](NCC(=O)Nc1c(Cl)cccc1Cl)c1ccc(Cl)cc1. The van der Waals surface area contributed by atoms with E-state index in [1.165, 1.54) is 0 Å². The first kappa shape index (κ1) is 17.1. The normalized spacial score (nSPS) is 12.0. The molecule has 0 aromatic heterocycles. The molecule has 0 aliphatic carbocycles. The van der Waals surface area contributed by atoms with E-state index < -0.39 is 0 Å². The summed E-state index contributed by atoms with van der Waals surface area (Å²) in [5, 5.41) is 7.34. The second-order valence-corrected chi connectivity index (χ2v) is 6.05. The summed E-state index contributed by atoms with van der Waals surface area (Å²) in [6.07, 6.45) is 0. The van der Waals surface area contributed by atoms with Crippen molar-refractivity contribution in [2.45, 2.75) is 13.0 Å². The Bertz CT molecular complexity index is 639. The number of para-hydroxylation sites is 1. The lowest BCUT2D eigenvalue weighted by atomic mass is 10.1. The zero-order valence-corrected chi connectivity index (χ0v) is 14.1. The third-order valence-electron chi connectivity index (χ3n) is 3.17. The van der Waals surface area contributed by atoms with Crippen LogP contribution < -0.4 is 10.6 Å². The van der Waals surface area contributed by atoms with Crippen molar-refractivity contribution >= 4 is 46.4 Å². The van der Waals surface area contributed by atoms with Gasteiger partial charge in [0.2, 0.25) is 5.91 Å². The van der Waals surface area contributed by atoms with Gasteiger partial charge < -0.3 is 10.6 Å². The van der Waals surface area contributed by atoms with Gasteiger partial charge in [0.15, 0.2) is 0 Å². The maximum absolute atomic E-state index is 12.0. The molecule has 0 bridgehead atoms. The molecule has 116 valence electrons. The second kappa shape index (κ2) is 7.84. The molecular formula is C16H15Cl3N2O. The average Bonchev–Trinajstić information content (AvgIpc) is 2.49. The molecule has 0 fully saturated rings. The number of nitrogens with one attached hydrogen (secondary N) is 2. The molecule has 2 rings (SSSR count). The lowest BCUT2D eigenvalue weighted by Crippen LogP contribution is -2.30. The predicted molar refractivity (Wildman–Crippen MR) is 93.0 cm³/mol. The molecule has 2 aromatic rings. The van der Waals surface area contributed by atoms with Crippen molar-refractivity contribution in [2.24, 2.45) is 0 Å². The molecule has 1 amide bonds. The van der Waals surface area contributed by atoms with Gasteiger partial charge in [0.1, 0.15) is 0 Å². The van der Waals surface area contributed by atoms with Gasteiger partial charge in [0, 0.05) is 11.1 Å². The summed E-state index contributed by atoms with van der Waals surface area (Å²) in [6.45, 7) is 2.12. The zero-order valence-electron chi connectivity index (χ0n) is 11.9. The van der Waals surface area contributed by atoms with E-state index in [0.717, 1.165) is 5.56 Å². The molecule has 2 aromatic carbocycles. The summed E-state index contributed by atoms with van der Waals surface area (Å²) in [4.78, 5) is 12.0. The van der Waals surface area contributed by atoms with Crippen molar-refractivity contribution in [3.63, 3.8) is 0 Å². The highest BCUT2D eigenvalue weighted by Gasteiger charge is 2.11. The first-order chi connectivity index (χ1) is 10.5. The van der Waals surface area contributed by atoms with Crippen LogP contribution in [-0.4, -0.2) is 12.5 Å². The van der Waals surface area contributed by atoms with Gasteiger partial charge >= 0.3 is 0 Å². The molecule has 0 saturated carbocycles. The van der Waals surface area contributed by atoms with Crippen LogP contribution in [0.2, 0.25) is 15.1 Å². The fourth-order valence-corrected chi connectivity index (χ4v) is 2.53. The molecule has 0 radical (unpaired) electrons. The monoisotopic (exact) mass is 356 g/mol. The van der Waals surface area contributed by atoms with Crippen LogP contribution in [0.1, 0.15) is 18.5 Å². The number of benzene rings is 2. The van der Waals surface area contributed by atoms with Gasteiger partial charge in [-0.25, -0.2) is 0 Å². The molecule has 0 spiro atoms. The Morgan fingerprint density at radius 1 is 1.05 bits per heavy atom. The minimum Gasteiger partial charge on any atom is -0.322 e. The number of amides is 1. The minimum atomic E-state index is -0.212. The molecular weight excluding hydrogens is 343 g/mol. The lowest BCUT2D eigenvalue weighted by molar-refractivity contribution is -0.115. The smallest absolute Gasteiger partial charge is 0.238 e. The van der Waals surface area contributed by atoms with Crippen molar-refractivity contribution in [1.29, 1.82) is 0 Å². The summed E-state index contributed by atoms with van der Waals surface area (Å²) < 4.78 is 0. The van der Waals surface area contributed by atoms with E-state index >= 15 is 0 Å². The van der Waals surface area contributed by atoms with E-state index in [1.54, 1.807) is 18.2 Å². The van der Waals surface area contributed by atoms with Gasteiger partial charge in [-0.05, 0) is 36.8 Å². The van der Waals surface area contributed by atoms with Crippen LogP contribution in [0.5, 0.6) is 0 Å². The highest BCUT2D eigenvalue weighted by atomic mass is 35.5. The maximum Gasteiger partial charge on any atom is 0.238 e. The Labute approximate surface area is 144 Å². The third-order valence-corrected chi connectivity index (χ3v) is 4.05. The van der Waals surface area contributed by atoms with E-state index in [9.17, 15) is 4.79 Å². The fourth-order valence-electron chi connectivity index (χ4n) is 1.92. The number of rotatable bonds is 5. The second-order valence-electron chi connectivity index (χ2n) is 4.80. The molecule has 0 aliphatic heterocycles. The summed E-state index contributed by atoms with van der Waals surface area (Å²) in [5.74, 6) is -0.212. The van der Waals surface area contributed by atoms with Crippen molar-refractivity contribution in [2.75, 3.05) is 11.9 Å². The average molecular weight is 358 g/mol. The molecule has 22 heavy (non-hydrogen) atoms. The van der Waals surface area contributed by atoms with Gasteiger partial charge in [0.05, 0.1) is 22.3 Å². The standard InChI is InChI=1S/C16H15Cl3N2O/c1-10(11-5-7-12(17)8-6-11)20-9-15(22)21-16-13(18)3-2-4-14(16)19/h2-8,10,20H,9H2,1H3,(H,21,22)/t10-/m0/s1. The highest BCUT2D eigenvalue weighted by Crippen LogP contribution is 2.29. The van der Waals surface area contributed by atoms with Crippen LogP contribution in [0.4, 0.5) is 5.69 Å². The van der Waals surface area contributed by atoms with Gasteiger partial charge in [-0.15, -0.1) is 0 Å². The van der Waals surface area contributed by atoms with Crippen molar-refractivity contribution in [3.8, 4) is 0 Å². The molecule has 1 atom stereocenters. The Morgan fingerprint density at radius 2 is 1.64 bits per heavy atom. The van der Waals surface area contributed by atoms with E-state index in [4.69, 9.17) is 34.8 Å². The van der Waals surface area contributed by atoms with Crippen LogP contribution in [0.3, 0.4) is 0 Å². The van der Waals surface area contributed by atoms with Gasteiger partial charge in [-0.2, -0.15) is 0 Å². The quantitative estimate of drug-likeness (QED) is 0.796. The molecule has 6 heteroatoms. The third kappa shape index (κ3) is 4.62. The Morgan fingerprint density at radius 3 is 2.23 bits per heavy atom. The molecule has 0 saturated heterocycles. The Kier molecular flexibility index (Phi) is 6.09. The fraction of sp³-hybridized carbons (Fsp3) is 0.188. The van der Waals surface area contributed by atoms with Crippen LogP contribution in [-0.2, 0) is 4.79 Å². The Balaban J connectivity index is 1.91. The zero-order chi connectivity index (χ0) is 16.1. The van der Waals surface area contributed by atoms with E-state index in [0.29, 0.717) is 20.8 Å². The van der Waals surface area contributed by atoms with Crippen molar-refractivity contribution < 1.29 is 4.79 Å². The lowest BCUT2D eigenvalue weighted by Gasteiger charge is -2.15. The van der Waals surface area contributed by atoms with E-state index in [1.807, 2.05) is 31.2 Å². The highest BCUT2D eigenvalue weighted by molar-refractivity contribution is 6.39. The summed E-state index contributed by atoms with van der Waals surface area (Å²) in [5.41, 5.74) is 1.48. The summed E-state index contributed by atoms with van der Waals surface area (Å²) >= 11 is 17.9. The number of hydrogen-bond acceptors (Lipinski definition) is 2. The number of carbonyl (C=O) groups excluding carboxylic acids is 1. The van der Waals surface area contributed by atoms with Crippen LogP contribution >= 0.6 is 34.8 Å². The topological polar surface area (TPSA) is 41.1 Å². The number of hydrogen-bond donors (Lipinski definition) is 2. The minimum absolute atomic E-state index is 0.0183. The predicted octanol–water partition coefficient (Wildman–Crippen LogP) is 4.94. The van der Waals surface area contributed by atoms with Gasteiger partial charge in [-0.1, -0.05) is 53.0 Å². The first-order valence-corrected chi connectivity index (χ1v) is 7.83. The number of halogens is 3. The summed E-state index contributed by atoms with van der Waals surface area (Å²) in [7, 11) is 0.